The molecule has 0 bridgehead atoms. The maximum Gasteiger partial charge on any atom is 0.240 e. The Morgan fingerprint density at radius 2 is 2.25 bits per heavy atom. The molecule has 3 nitrogen and oxygen atoms in total. The Kier molecular flexibility index (Phi) is 1.91. The highest BCUT2D eigenvalue weighted by Gasteiger charge is 2.46. The minimum absolute atomic E-state index is 0.0836. The van der Waals surface area contributed by atoms with Gasteiger partial charge in [0, 0.05) is 18.8 Å². The average Bonchev–Trinajstić information content (AvgIpc) is 2.55. The number of hydrogen-bond donors (Lipinski definition) is 2. The van der Waals surface area contributed by atoms with Crippen molar-refractivity contribution in [3.8, 4) is 0 Å². The zero-order valence-corrected chi connectivity index (χ0v) is 9.21. The van der Waals surface area contributed by atoms with E-state index in [0.717, 1.165) is 17.8 Å². The van der Waals surface area contributed by atoms with Crippen molar-refractivity contribution in [1.29, 1.82) is 0 Å². The van der Waals surface area contributed by atoms with Crippen LogP contribution in [0.25, 0.3) is 0 Å². The van der Waals surface area contributed by atoms with Crippen LogP contribution in [-0.4, -0.2) is 19.0 Å². The number of benzene rings is 1. The molecule has 1 unspecified atom stereocenters. The fourth-order valence-electron chi connectivity index (χ4n) is 2.71. The summed E-state index contributed by atoms with van der Waals surface area (Å²) in [6, 6.07) is 6.01. The van der Waals surface area contributed by atoms with Crippen LogP contribution in [0.1, 0.15) is 11.1 Å². The maximum atomic E-state index is 12.2. The first kappa shape index (κ1) is 9.60. The number of rotatable bonds is 0. The monoisotopic (exact) mass is 214 g/mol. The van der Waals surface area contributed by atoms with Gasteiger partial charge in [-0.05, 0) is 24.1 Å². The van der Waals surface area contributed by atoms with E-state index in [1.165, 1.54) is 5.56 Å². The molecule has 1 atom stereocenters. The lowest BCUT2D eigenvalue weighted by Gasteiger charge is -2.28. The van der Waals surface area contributed by atoms with Crippen LogP contribution < -0.4 is 10.6 Å². The molecule has 2 aliphatic heterocycles. The van der Waals surface area contributed by atoms with Gasteiger partial charge in [-0.1, -0.05) is 24.3 Å². The molecule has 2 aliphatic rings. The summed E-state index contributed by atoms with van der Waals surface area (Å²) in [4.78, 5) is 12.2. The summed E-state index contributed by atoms with van der Waals surface area (Å²) in [6.07, 6.45) is 4.07. The van der Waals surface area contributed by atoms with E-state index in [1.54, 1.807) is 0 Å². The maximum absolute atomic E-state index is 12.2. The Bertz CT molecular complexity index is 493. The third-order valence-electron chi connectivity index (χ3n) is 3.44. The molecular weight excluding hydrogens is 200 g/mol. The molecule has 0 saturated carbocycles. The molecule has 1 aromatic rings. The van der Waals surface area contributed by atoms with Crippen LogP contribution in [0, 0.1) is 6.92 Å². The van der Waals surface area contributed by atoms with Crippen LogP contribution in [0.15, 0.2) is 30.4 Å². The van der Waals surface area contributed by atoms with E-state index in [9.17, 15) is 4.79 Å². The first-order valence-electron chi connectivity index (χ1n) is 5.54. The molecule has 0 radical (unpaired) electrons. The van der Waals surface area contributed by atoms with Gasteiger partial charge >= 0.3 is 0 Å². The van der Waals surface area contributed by atoms with Crippen molar-refractivity contribution in [1.82, 2.24) is 5.32 Å². The smallest absolute Gasteiger partial charge is 0.240 e. The number of carbonyl (C=O) groups excluding carboxylic acids is 1. The van der Waals surface area contributed by atoms with Crippen LogP contribution in [-0.2, 0) is 10.2 Å². The second-order valence-corrected chi connectivity index (χ2v) is 4.46. The fraction of sp³-hybridized carbons (Fsp3) is 0.308. The fourth-order valence-corrected chi connectivity index (χ4v) is 2.71. The number of nitrogens with one attached hydrogen (secondary N) is 2. The molecular formula is C13H14N2O. The highest BCUT2D eigenvalue weighted by molar-refractivity contribution is 6.08. The summed E-state index contributed by atoms with van der Waals surface area (Å²) < 4.78 is 0. The summed E-state index contributed by atoms with van der Waals surface area (Å²) in [5.74, 6) is 0.0836. The predicted molar refractivity (Wildman–Crippen MR) is 63.5 cm³/mol. The molecule has 3 rings (SSSR count). The summed E-state index contributed by atoms with van der Waals surface area (Å²) in [7, 11) is 0. The second kappa shape index (κ2) is 3.19. The van der Waals surface area contributed by atoms with Crippen molar-refractivity contribution in [2.24, 2.45) is 0 Å². The Morgan fingerprint density at radius 1 is 1.38 bits per heavy atom. The quantitative estimate of drug-likeness (QED) is 0.640. The molecule has 1 aromatic carbocycles. The summed E-state index contributed by atoms with van der Waals surface area (Å²) in [5, 5.41) is 6.24. The van der Waals surface area contributed by atoms with Crippen LogP contribution in [0.2, 0.25) is 0 Å². The van der Waals surface area contributed by atoms with Gasteiger partial charge < -0.3 is 10.6 Å². The average molecular weight is 214 g/mol. The van der Waals surface area contributed by atoms with Crippen LogP contribution in [0.4, 0.5) is 5.69 Å². The van der Waals surface area contributed by atoms with Gasteiger partial charge in [-0.15, -0.1) is 0 Å². The summed E-state index contributed by atoms with van der Waals surface area (Å²) in [5.41, 5.74) is 2.77. The van der Waals surface area contributed by atoms with Crippen LogP contribution in [0.3, 0.4) is 0 Å². The predicted octanol–water partition coefficient (Wildman–Crippen LogP) is 1.34. The Balaban J connectivity index is 2.25. The third-order valence-corrected chi connectivity index (χ3v) is 3.44. The van der Waals surface area contributed by atoms with E-state index in [0.29, 0.717) is 6.54 Å². The summed E-state index contributed by atoms with van der Waals surface area (Å²) >= 11 is 0. The van der Waals surface area contributed by atoms with Crippen molar-refractivity contribution in [2.75, 3.05) is 18.4 Å². The highest BCUT2D eigenvalue weighted by atomic mass is 16.2. The van der Waals surface area contributed by atoms with E-state index >= 15 is 0 Å². The van der Waals surface area contributed by atoms with E-state index < -0.39 is 5.41 Å². The topological polar surface area (TPSA) is 41.1 Å². The van der Waals surface area contributed by atoms with Crippen molar-refractivity contribution < 1.29 is 4.79 Å². The number of aryl methyl sites for hydroxylation is 1. The highest BCUT2D eigenvalue weighted by Crippen LogP contribution is 2.41. The molecule has 3 heteroatoms. The zero-order chi connectivity index (χ0) is 11.2. The lowest BCUT2D eigenvalue weighted by Crippen LogP contribution is -2.45. The second-order valence-electron chi connectivity index (χ2n) is 4.46. The summed E-state index contributed by atoms with van der Waals surface area (Å²) in [6.45, 7) is 3.59. The van der Waals surface area contributed by atoms with Crippen molar-refractivity contribution >= 4 is 11.6 Å². The van der Waals surface area contributed by atoms with E-state index in [4.69, 9.17) is 0 Å². The molecule has 0 aliphatic carbocycles. The molecule has 0 saturated heterocycles. The van der Waals surface area contributed by atoms with E-state index in [-0.39, 0.29) is 5.91 Å². The van der Waals surface area contributed by atoms with Crippen molar-refractivity contribution in [3.05, 3.63) is 41.5 Å². The molecule has 82 valence electrons. The lowest BCUT2D eigenvalue weighted by atomic mass is 9.78. The van der Waals surface area contributed by atoms with Crippen LogP contribution in [0.5, 0.6) is 0 Å². The molecule has 0 aromatic heterocycles. The lowest BCUT2D eigenvalue weighted by molar-refractivity contribution is -0.119. The number of amides is 1. The normalized spacial score (nSPS) is 26.9. The van der Waals surface area contributed by atoms with Gasteiger partial charge in [0.2, 0.25) is 5.91 Å². The largest absolute Gasteiger partial charge is 0.325 e. The molecule has 2 heterocycles. The number of anilines is 1. The van der Waals surface area contributed by atoms with E-state index in [2.05, 4.69) is 23.6 Å². The Hall–Kier alpha value is -1.61. The van der Waals surface area contributed by atoms with Gasteiger partial charge in [0.25, 0.3) is 0 Å². The minimum atomic E-state index is -0.487. The van der Waals surface area contributed by atoms with Gasteiger partial charge in [-0.2, -0.15) is 0 Å². The standard InChI is InChI=1S/C13H14N2O/c1-9-4-2-5-10-11(9)13(12(16)15-10)6-3-7-14-8-13/h2-6,14H,7-8H2,1H3,(H,15,16). The first-order chi connectivity index (χ1) is 7.74. The Labute approximate surface area is 94.5 Å². The van der Waals surface area contributed by atoms with Crippen molar-refractivity contribution in [2.45, 2.75) is 12.3 Å². The zero-order valence-electron chi connectivity index (χ0n) is 9.21. The van der Waals surface area contributed by atoms with E-state index in [1.807, 2.05) is 24.3 Å². The van der Waals surface area contributed by atoms with Gasteiger partial charge in [0.15, 0.2) is 0 Å². The number of fused-ring (bicyclic) bond motifs is 2. The first-order valence-corrected chi connectivity index (χ1v) is 5.54. The van der Waals surface area contributed by atoms with Gasteiger partial charge in [-0.25, -0.2) is 0 Å². The molecule has 1 amide bonds. The molecule has 0 fully saturated rings. The third kappa shape index (κ3) is 1.09. The molecule has 16 heavy (non-hydrogen) atoms. The number of hydrogen-bond acceptors (Lipinski definition) is 2. The Morgan fingerprint density at radius 3 is 3.00 bits per heavy atom. The van der Waals surface area contributed by atoms with Gasteiger partial charge in [0.1, 0.15) is 5.41 Å². The molecule has 2 N–H and O–H groups in total. The SMILES string of the molecule is Cc1cccc2c1C1(C=CCNC1)C(=O)N2. The number of carbonyl (C=O) groups is 1. The molecule has 1 spiro atoms. The minimum Gasteiger partial charge on any atom is -0.325 e. The van der Waals surface area contributed by atoms with Crippen molar-refractivity contribution in [3.63, 3.8) is 0 Å². The van der Waals surface area contributed by atoms with Gasteiger partial charge in [-0.3, -0.25) is 4.79 Å². The van der Waals surface area contributed by atoms with Crippen LogP contribution >= 0.6 is 0 Å². The van der Waals surface area contributed by atoms with Gasteiger partial charge in [0.05, 0.1) is 0 Å².